The molecule has 0 heterocycles. The van der Waals surface area contributed by atoms with E-state index in [1.165, 1.54) is 50.7 Å². The monoisotopic (exact) mass is 324 g/mol. The molecule has 0 bridgehead atoms. The fraction of sp³-hybridized carbons (Fsp3) is 0.556. The van der Waals surface area contributed by atoms with Gasteiger partial charge in [-0.3, -0.25) is 4.55 Å². The van der Waals surface area contributed by atoms with Crippen LogP contribution in [0.3, 0.4) is 0 Å². The van der Waals surface area contributed by atoms with Gasteiger partial charge in [-0.05, 0) is 56.2 Å². The third kappa shape index (κ3) is 8.35. The number of hydrogen-bond donors (Lipinski definition) is 1. The van der Waals surface area contributed by atoms with Crippen molar-refractivity contribution in [1.82, 2.24) is 0 Å². The Kier molecular flexibility index (Phi) is 9.09. The first-order valence-corrected chi connectivity index (χ1v) is 9.69. The van der Waals surface area contributed by atoms with Gasteiger partial charge in [-0.15, -0.1) is 0 Å². The van der Waals surface area contributed by atoms with Crippen molar-refractivity contribution in [1.29, 1.82) is 0 Å². The zero-order chi connectivity index (χ0) is 16.3. The maximum absolute atomic E-state index is 10.9. The first-order valence-electron chi connectivity index (χ1n) is 8.25. The number of aryl methyl sites for hydroxylation is 1. The summed E-state index contributed by atoms with van der Waals surface area (Å²) in [7, 11) is -4.07. The third-order valence-electron chi connectivity index (χ3n) is 3.70. The fourth-order valence-corrected chi connectivity index (χ4v) is 2.82. The first kappa shape index (κ1) is 18.9. The van der Waals surface area contributed by atoms with E-state index in [1.54, 1.807) is 12.1 Å². The van der Waals surface area contributed by atoms with Crippen molar-refractivity contribution in [2.24, 2.45) is 0 Å². The molecule has 1 aromatic carbocycles. The predicted octanol–water partition coefficient (Wildman–Crippen LogP) is 5.17. The lowest BCUT2D eigenvalue weighted by Gasteiger charge is -2.02. The Hall–Kier alpha value is -1.13. The highest BCUT2D eigenvalue weighted by Crippen LogP contribution is 2.13. The summed E-state index contributed by atoms with van der Waals surface area (Å²) in [6.45, 7) is 2.22. The second kappa shape index (κ2) is 10.6. The number of unbranched alkanes of at least 4 members (excludes halogenated alkanes) is 6. The molecule has 0 aliphatic carbocycles. The van der Waals surface area contributed by atoms with E-state index in [-0.39, 0.29) is 4.90 Å². The number of allylic oxidation sites excluding steroid dienone is 2. The Morgan fingerprint density at radius 1 is 0.909 bits per heavy atom. The molecule has 0 aromatic heterocycles. The van der Waals surface area contributed by atoms with Crippen LogP contribution in [0.25, 0.3) is 0 Å². The van der Waals surface area contributed by atoms with Gasteiger partial charge in [-0.2, -0.15) is 8.42 Å². The molecule has 22 heavy (non-hydrogen) atoms. The Bertz CT molecular complexity index is 530. The lowest BCUT2D eigenvalue weighted by molar-refractivity contribution is 0.483. The van der Waals surface area contributed by atoms with Gasteiger partial charge in [0.2, 0.25) is 0 Å². The van der Waals surface area contributed by atoms with E-state index in [1.807, 2.05) is 0 Å². The van der Waals surface area contributed by atoms with Crippen molar-refractivity contribution >= 4 is 10.1 Å². The molecule has 3 nitrogen and oxygen atoms in total. The van der Waals surface area contributed by atoms with Crippen molar-refractivity contribution in [3.63, 3.8) is 0 Å². The van der Waals surface area contributed by atoms with Gasteiger partial charge < -0.3 is 0 Å². The van der Waals surface area contributed by atoms with Gasteiger partial charge in [-0.25, -0.2) is 0 Å². The molecule has 0 aliphatic rings. The number of rotatable bonds is 11. The molecule has 0 atom stereocenters. The molecule has 1 N–H and O–H groups in total. The van der Waals surface area contributed by atoms with Crippen LogP contribution in [0, 0.1) is 0 Å². The topological polar surface area (TPSA) is 54.4 Å². The minimum atomic E-state index is -4.07. The Labute approximate surface area is 135 Å². The summed E-state index contributed by atoms with van der Waals surface area (Å²) in [6, 6.07) is 6.47. The quantitative estimate of drug-likeness (QED) is 0.347. The van der Waals surface area contributed by atoms with Crippen LogP contribution in [0.1, 0.15) is 63.9 Å². The Balaban J connectivity index is 2.12. The van der Waals surface area contributed by atoms with Gasteiger partial charge in [0.1, 0.15) is 0 Å². The molecule has 1 rings (SSSR count). The lowest BCUT2D eigenvalue weighted by atomic mass is 10.1. The molecule has 0 radical (unpaired) electrons. The highest BCUT2D eigenvalue weighted by atomic mass is 32.2. The van der Waals surface area contributed by atoms with Crippen LogP contribution in [-0.2, 0) is 16.5 Å². The maximum Gasteiger partial charge on any atom is 0.294 e. The Morgan fingerprint density at radius 2 is 1.50 bits per heavy atom. The Morgan fingerprint density at radius 3 is 2.05 bits per heavy atom. The first-order chi connectivity index (χ1) is 10.5. The van der Waals surface area contributed by atoms with E-state index < -0.39 is 10.1 Å². The molecule has 0 aliphatic heterocycles. The van der Waals surface area contributed by atoms with E-state index in [4.69, 9.17) is 4.55 Å². The van der Waals surface area contributed by atoms with E-state index in [9.17, 15) is 8.42 Å². The van der Waals surface area contributed by atoms with Crippen LogP contribution in [-0.4, -0.2) is 13.0 Å². The zero-order valence-electron chi connectivity index (χ0n) is 13.5. The largest absolute Gasteiger partial charge is 0.294 e. The van der Waals surface area contributed by atoms with Gasteiger partial charge >= 0.3 is 0 Å². The SMILES string of the molecule is CCCCCC=CCCCCCc1ccc(S(=O)(=O)O)cc1. The van der Waals surface area contributed by atoms with Gasteiger partial charge in [-0.1, -0.05) is 50.5 Å². The van der Waals surface area contributed by atoms with Crippen LogP contribution in [0.15, 0.2) is 41.3 Å². The van der Waals surface area contributed by atoms with Crippen molar-refractivity contribution in [2.45, 2.75) is 69.6 Å². The van der Waals surface area contributed by atoms with Gasteiger partial charge in [0.05, 0.1) is 4.90 Å². The molecule has 0 fully saturated rings. The average Bonchev–Trinajstić information content (AvgIpc) is 2.49. The molecule has 0 spiro atoms. The van der Waals surface area contributed by atoms with Crippen LogP contribution in [0.5, 0.6) is 0 Å². The molecule has 4 heteroatoms. The second-order valence-corrected chi connectivity index (χ2v) is 7.11. The molecule has 0 saturated carbocycles. The maximum atomic E-state index is 10.9. The van der Waals surface area contributed by atoms with E-state index in [2.05, 4.69) is 19.1 Å². The summed E-state index contributed by atoms with van der Waals surface area (Å²) in [6.07, 6.45) is 15.3. The van der Waals surface area contributed by atoms with Gasteiger partial charge in [0.25, 0.3) is 10.1 Å². The molecule has 124 valence electrons. The van der Waals surface area contributed by atoms with Gasteiger partial charge in [0.15, 0.2) is 0 Å². The third-order valence-corrected chi connectivity index (χ3v) is 4.57. The van der Waals surface area contributed by atoms with Crippen molar-refractivity contribution in [2.75, 3.05) is 0 Å². The van der Waals surface area contributed by atoms with E-state index in [0.717, 1.165) is 24.8 Å². The summed E-state index contributed by atoms with van der Waals surface area (Å²) in [5.74, 6) is 0. The lowest BCUT2D eigenvalue weighted by Crippen LogP contribution is -1.97. The van der Waals surface area contributed by atoms with Crippen molar-refractivity contribution in [3.8, 4) is 0 Å². The molecule has 0 unspecified atom stereocenters. The number of benzene rings is 1. The number of hydrogen-bond acceptors (Lipinski definition) is 2. The summed E-state index contributed by atoms with van der Waals surface area (Å²) >= 11 is 0. The highest BCUT2D eigenvalue weighted by molar-refractivity contribution is 7.85. The smallest absolute Gasteiger partial charge is 0.282 e. The standard InChI is InChI=1S/C18H28O3S/c1-2-3-4-5-6-7-8-9-10-11-12-17-13-15-18(16-14-17)22(19,20)21/h6-7,13-16H,2-5,8-12H2,1H3,(H,19,20,21). The van der Waals surface area contributed by atoms with Crippen molar-refractivity contribution < 1.29 is 13.0 Å². The van der Waals surface area contributed by atoms with E-state index in [0.29, 0.717) is 0 Å². The second-order valence-electron chi connectivity index (χ2n) is 5.69. The minimum Gasteiger partial charge on any atom is -0.282 e. The zero-order valence-corrected chi connectivity index (χ0v) is 14.3. The molecule has 1 aromatic rings. The summed E-state index contributed by atoms with van der Waals surface area (Å²) in [5.41, 5.74) is 1.11. The van der Waals surface area contributed by atoms with Crippen LogP contribution in [0.2, 0.25) is 0 Å². The van der Waals surface area contributed by atoms with E-state index >= 15 is 0 Å². The van der Waals surface area contributed by atoms with Gasteiger partial charge in [0, 0.05) is 0 Å². The summed E-state index contributed by atoms with van der Waals surface area (Å²) in [4.78, 5) is -0.0375. The highest BCUT2D eigenvalue weighted by Gasteiger charge is 2.07. The molecule has 0 saturated heterocycles. The normalized spacial score (nSPS) is 12.1. The van der Waals surface area contributed by atoms with Crippen LogP contribution < -0.4 is 0 Å². The van der Waals surface area contributed by atoms with Crippen molar-refractivity contribution in [3.05, 3.63) is 42.0 Å². The molecular formula is C18H28O3S. The minimum absolute atomic E-state index is 0.0375. The fourth-order valence-electron chi connectivity index (χ4n) is 2.34. The van der Waals surface area contributed by atoms with Crippen LogP contribution >= 0.6 is 0 Å². The summed E-state index contributed by atoms with van der Waals surface area (Å²) in [5, 5.41) is 0. The molecule has 0 amide bonds. The predicted molar refractivity (Wildman–Crippen MR) is 91.7 cm³/mol. The van der Waals surface area contributed by atoms with Crippen LogP contribution in [0.4, 0.5) is 0 Å². The summed E-state index contributed by atoms with van der Waals surface area (Å²) < 4.78 is 30.8. The molecular weight excluding hydrogens is 296 g/mol. The average molecular weight is 324 g/mol.